The Balaban J connectivity index is 2.54. The van der Waals surface area contributed by atoms with Crippen molar-refractivity contribution in [3.63, 3.8) is 0 Å². The lowest BCUT2D eigenvalue weighted by atomic mass is 9.94. The molecule has 3 heteroatoms. The molecule has 0 saturated heterocycles. The molecule has 0 spiro atoms. The molecule has 2 N–H and O–H groups in total. The smallest absolute Gasteiger partial charge is 0.194 e. The maximum atomic E-state index is 12.8. The van der Waals surface area contributed by atoms with E-state index in [1.54, 1.807) is 12.1 Å². The van der Waals surface area contributed by atoms with E-state index < -0.39 is 0 Å². The van der Waals surface area contributed by atoms with Gasteiger partial charge in [-0.05, 0) is 48.2 Å². The number of nitrogens with two attached hydrogens (primary N) is 1. The molecular formula is C17H18BrNO. The van der Waals surface area contributed by atoms with Gasteiger partial charge in [-0.25, -0.2) is 0 Å². The van der Waals surface area contributed by atoms with Gasteiger partial charge in [0.25, 0.3) is 0 Å². The maximum absolute atomic E-state index is 12.8. The molecule has 2 aromatic rings. The minimum atomic E-state index is 0.0244. The molecule has 0 bridgehead atoms. The number of rotatable bonds is 4. The lowest BCUT2D eigenvalue weighted by Gasteiger charge is -2.11. The van der Waals surface area contributed by atoms with Crippen LogP contribution >= 0.6 is 15.9 Å². The largest absolute Gasteiger partial charge is 0.399 e. The molecule has 0 amide bonds. The average molecular weight is 332 g/mol. The Kier molecular flexibility index (Phi) is 4.61. The summed E-state index contributed by atoms with van der Waals surface area (Å²) in [5, 5.41) is 0. The minimum absolute atomic E-state index is 0.0244. The highest BCUT2D eigenvalue weighted by molar-refractivity contribution is 9.10. The molecule has 104 valence electrons. The van der Waals surface area contributed by atoms with E-state index in [1.807, 2.05) is 18.2 Å². The third kappa shape index (κ3) is 2.93. The van der Waals surface area contributed by atoms with Crippen LogP contribution in [-0.2, 0) is 12.8 Å². The first-order valence-corrected chi connectivity index (χ1v) is 7.57. The van der Waals surface area contributed by atoms with Gasteiger partial charge in [0.15, 0.2) is 5.78 Å². The van der Waals surface area contributed by atoms with Crippen molar-refractivity contribution >= 4 is 27.4 Å². The summed E-state index contributed by atoms with van der Waals surface area (Å²) in [6.45, 7) is 4.15. The fourth-order valence-electron chi connectivity index (χ4n) is 2.23. The fraction of sp³-hybridized carbons (Fsp3) is 0.235. The van der Waals surface area contributed by atoms with E-state index in [2.05, 4.69) is 35.8 Å². The molecule has 0 aliphatic rings. The van der Waals surface area contributed by atoms with Crippen LogP contribution in [0.15, 0.2) is 40.9 Å². The Labute approximate surface area is 128 Å². The highest BCUT2D eigenvalue weighted by Crippen LogP contribution is 2.25. The van der Waals surface area contributed by atoms with E-state index in [0.29, 0.717) is 11.3 Å². The van der Waals surface area contributed by atoms with Gasteiger partial charge in [0, 0.05) is 21.3 Å². The summed E-state index contributed by atoms with van der Waals surface area (Å²) < 4.78 is 0.778. The second-order valence-corrected chi connectivity index (χ2v) is 5.62. The summed E-state index contributed by atoms with van der Waals surface area (Å²) >= 11 is 3.43. The Morgan fingerprint density at radius 2 is 1.80 bits per heavy atom. The van der Waals surface area contributed by atoms with Gasteiger partial charge in [0.1, 0.15) is 0 Å². The summed E-state index contributed by atoms with van der Waals surface area (Å²) in [5.41, 5.74) is 10.0. The van der Waals surface area contributed by atoms with Crippen LogP contribution in [-0.4, -0.2) is 5.78 Å². The molecule has 0 fully saturated rings. The standard InChI is InChI=1S/C17H18BrNO/c1-3-11-5-6-12(4-2)14(9-11)17(20)15-10-13(19)7-8-16(15)18/h5-10H,3-4,19H2,1-2H3. The number of hydrogen-bond donors (Lipinski definition) is 1. The van der Waals surface area contributed by atoms with E-state index in [0.717, 1.165) is 28.4 Å². The molecule has 0 aliphatic heterocycles. The number of anilines is 1. The first-order chi connectivity index (χ1) is 9.56. The number of ketones is 1. The first-order valence-electron chi connectivity index (χ1n) is 6.78. The normalized spacial score (nSPS) is 10.6. The number of hydrogen-bond acceptors (Lipinski definition) is 2. The molecule has 2 rings (SSSR count). The van der Waals surface area contributed by atoms with Gasteiger partial charge in [-0.2, -0.15) is 0 Å². The van der Waals surface area contributed by atoms with E-state index in [4.69, 9.17) is 5.73 Å². The lowest BCUT2D eigenvalue weighted by Crippen LogP contribution is -2.07. The van der Waals surface area contributed by atoms with Crippen molar-refractivity contribution in [2.75, 3.05) is 5.73 Å². The van der Waals surface area contributed by atoms with Crippen LogP contribution in [0, 0.1) is 0 Å². The SMILES string of the molecule is CCc1ccc(CC)c(C(=O)c2cc(N)ccc2Br)c1. The van der Waals surface area contributed by atoms with Gasteiger partial charge in [-0.1, -0.05) is 41.9 Å². The molecule has 2 nitrogen and oxygen atoms in total. The molecule has 0 heterocycles. The molecule has 0 unspecified atom stereocenters. The van der Waals surface area contributed by atoms with Gasteiger partial charge in [-0.3, -0.25) is 4.79 Å². The zero-order chi connectivity index (χ0) is 14.7. The number of nitrogen functional groups attached to an aromatic ring is 1. The number of aryl methyl sites for hydroxylation is 2. The van der Waals surface area contributed by atoms with Gasteiger partial charge in [0.05, 0.1) is 0 Å². The van der Waals surface area contributed by atoms with Crippen LogP contribution in [0.5, 0.6) is 0 Å². The summed E-state index contributed by atoms with van der Waals surface area (Å²) in [4.78, 5) is 12.8. The van der Waals surface area contributed by atoms with Gasteiger partial charge < -0.3 is 5.73 Å². The highest BCUT2D eigenvalue weighted by Gasteiger charge is 2.16. The Bertz CT molecular complexity index is 649. The topological polar surface area (TPSA) is 43.1 Å². The lowest BCUT2D eigenvalue weighted by molar-refractivity contribution is 0.103. The second kappa shape index (κ2) is 6.23. The van der Waals surface area contributed by atoms with Crippen LogP contribution < -0.4 is 5.73 Å². The quantitative estimate of drug-likeness (QED) is 0.667. The van der Waals surface area contributed by atoms with Gasteiger partial charge in [0.2, 0.25) is 0 Å². The van der Waals surface area contributed by atoms with E-state index in [-0.39, 0.29) is 5.78 Å². The first kappa shape index (κ1) is 14.8. The van der Waals surface area contributed by atoms with Crippen molar-refractivity contribution in [3.05, 3.63) is 63.1 Å². The molecule has 0 saturated carbocycles. The predicted octanol–water partition coefficient (Wildman–Crippen LogP) is 4.39. The Hall–Kier alpha value is -1.61. The van der Waals surface area contributed by atoms with Crippen LogP contribution in [0.25, 0.3) is 0 Å². The molecule has 0 atom stereocenters. The molecule has 0 aliphatic carbocycles. The van der Waals surface area contributed by atoms with Crippen molar-refractivity contribution in [2.45, 2.75) is 26.7 Å². The van der Waals surface area contributed by atoms with Crippen LogP contribution in [0.3, 0.4) is 0 Å². The monoisotopic (exact) mass is 331 g/mol. The van der Waals surface area contributed by atoms with E-state index >= 15 is 0 Å². The number of carbonyl (C=O) groups is 1. The Morgan fingerprint density at radius 3 is 2.45 bits per heavy atom. The zero-order valence-electron chi connectivity index (χ0n) is 11.7. The predicted molar refractivity (Wildman–Crippen MR) is 87.2 cm³/mol. The fourth-order valence-corrected chi connectivity index (χ4v) is 2.65. The number of halogens is 1. The van der Waals surface area contributed by atoms with Gasteiger partial charge in [-0.15, -0.1) is 0 Å². The van der Waals surface area contributed by atoms with E-state index in [9.17, 15) is 4.79 Å². The van der Waals surface area contributed by atoms with Gasteiger partial charge >= 0.3 is 0 Å². The van der Waals surface area contributed by atoms with Crippen LogP contribution in [0.2, 0.25) is 0 Å². The molecule has 2 aromatic carbocycles. The molecular weight excluding hydrogens is 314 g/mol. The van der Waals surface area contributed by atoms with Crippen LogP contribution in [0.1, 0.15) is 40.9 Å². The third-order valence-corrected chi connectivity index (χ3v) is 4.13. The molecule has 20 heavy (non-hydrogen) atoms. The van der Waals surface area contributed by atoms with Crippen molar-refractivity contribution in [1.82, 2.24) is 0 Å². The van der Waals surface area contributed by atoms with E-state index in [1.165, 1.54) is 5.56 Å². The third-order valence-electron chi connectivity index (χ3n) is 3.44. The maximum Gasteiger partial charge on any atom is 0.194 e. The molecule has 0 aromatic heterocycles. The van der Waals surface area contributed by atoms with Crippen LogP contribution in [0.4, 0.5) is 5.69 Å². The summed E-state index contributed by atoms with van der Waals surface area (Å²) in [7, 11) is 0. The average Bonchev–Trinajstić information content (AvgIpc) is 2.48. The Morgan fingerprint density at radius 1 is 1.05 bits per heavy atom. The zero-order valence-corrected chi connectivity index (χ0v) is 13.3. The summed E-state index contributed by atoms with van der Waals surface area (Å²) in [6.07, 6.45) is 1.76. The van der Waals surface area contributed by atoms with Crippen molar-refractivity contribution in [1.29, 1.82) is 0 Å². The second-order valence-electron chi connectivity index (χ2n) is 4.77. The molecule has 0 radical (unpaired) electrons. The summed E-state index contributed by atoms with van der Waals surface area (Å²) in [6, 6.07) is 11.5. The van der Waals surface area contributed by atoms with Crippen molar-refractivity contribution < 1.29 is 4.79 Å². The van der Waals surface area contributed by atoms with Crippen molar-refractivity contribution in [3.8, 4) is 0 Å². The minimum Gasteiger partial charge on any atom is -0.399 e. The highest BCUT2D eigenvalue weighted by atomic mass is 79.9. The number of carbonyl (C=O) groups excluding carboxylic acids is 1. The summed E-state index contributed by atoms with van der Waals surface area (Å²) in [5.74, 6) is 0.0244. The van der Waals surface area contributed by atoms with Crippen molar-refractivity contribution in [2.24, 2.45) is 0 Å². The number of benzene rings is 2.